The molecule has 0 aliphatic heterocycles. The number of nitrogens with zero attached hydrogens (tertiary/aromatic N) is 3. The van der Waals surface area contributed by atoms with Gasteiger partial charge in [0, 0.05) is 6.07 Å². The van der Waals surface area contributed by atoms with E-state index in [1.807, 2.05) is 0 Å². The van der Waals surface area contributed by atoms with Crippen LogP contribution in [0.15, 0.2) is 28.9 Å². The molecule has 0 amide bonds. The van der Waals surface area contributed by atoms with Crippen LogP contribution in [0.4, 0.5) is 11.5 Å². The van der Waals surface area contributed by atoms with Crippen molar-refractivity contribution in [1.82, 2.24) is 10.1 Å². The zero-order valence-electron chi connectivity index (χ0n) is 9.08. The summed E-state index contributed by atoms with van der Waals surface area (Å²) < 4.78 is 4.98. The van der Waals surface area contributed by atoms with Gasteiger partial charge in [0.25, 0.3) is 0 Å². The Morgan fingerprint density at radius 1 is 1.59 bits per heavy atom. The quantitative estimate of drug-likeness (QED) is 0.641. The van der Waals surface area contributed by atoms with E-state index in [9.17, 15) is 10.1 Å². The highest BCUT2D eigenvalue weighted by molar-refractivity contribution is 5.56. The number of nitrogens with one attached hydrogen (secondary N) is 1. The summed E-state index contributed by atoms with van der Waals surface area (Å²) in [5, 5.41) is 17.3. The first-order valence-electron chi connectivity index (χ1n) is 4.92. The van der Waals surface area contributed by atoms with Gasteiger partial charge in [-0.25, -0.2) is 0 Å². The summed E-state index contributed by atoms with van der Waals surface area (Å²) in [6.07, 6.45) is 1.38. The van der Waals surface area contributed by atoms with E-state index in [4.69, 9.17) is 4.52 Å². The van der Waals surface area contributed by atoms with Crippen LogP contribution in [0.5, 0.6) is 0 Å². The molecule has 0 aromatic carbocycles. The molecule has 2 heterocycles. The van der Waals surface area contributed by atoms with E-state index in [0.717, 1.165) is 5.69 Å². The third-order valence-corrected chi connectivity index (χ3v) is 2.09. The first kappa shape index (κ1) is 11.1. The first-order chi connectivity index (χ1) is 8.16. The second-order valence-corrected chi connectivity index (χ2v) is 3.42. The molecule has 0 saturated carbocycles. The molecule has 0 bridgehead atoms. The fourth-order valence-corrected chi connectivity index (χ4v) is 1.36. The summed E-state index contributed by atoms with van der Waals surface area (Å²) in [5.74, 6) is 0.407. The maximum absolute atomic E-state index is 10.7. The van der Waals surface area contributed by atoms with Gasteiger partial charge in [0.2, 0.25) is 0 Å². The highest BCUT2D eigenvalue weighted by atomic mass is 16.6. The van der Waals surface area contributed by atoms with Crippen molar-refractivity contribution in [3.8, 4) is 0 Å². The molecule has 0 radical (unpaired) electrons. The number of nitro groups is 1. The Morgan fingerprint density at radius 3 is 3.06 bits per heavy atom. The number of hydrogen-bond acceptors (Lipinski definition) is 6. The molecular weight excluding hydrogens is 224 g/mol. The second-order valence-electron chi connectivity index (χ2n) is 3.42. The molecule has 0 fully saturated rings. The molecule has 0 saturated heterocycles. The lowest BCUT2D eigenvalue weighted by molar-refractivity contribution is -0.388. The summed E-state index contributed by atoms with van der Waals surface area (Å²) in [4.78, 5) is 13.9. The molecule has 0 aliphatic carbocycles. The van der Waals surface area contributed by atoms with Gasteiger partial charge in [-0.05, 0) is 29.0 Å². The van der Waals surface area contributed by atoms with Crippen molar-refractivity contribution in [2.24, 2.45) is 0 Å². The Kier molecular flexibility index (Phi) is 2.99. The molecule has 2 aromatic heterocycles. The van der Waals surface area contributed by atoms with Gasteiger partial charge in [0.1, 0.15) is 11.9 Å². The SMILES string of the molecule is Cc1cc(CNc2cccnc2[N+](=O)[O-])on1. The van der Waals surface area contributed by atoms with Crippen molar-refractivity contribution in [2.75, 3.05) is 5.32 Å². The van der Waals surface area contributed by atoms with E-state index in [0.29, 0.717) is 18.0 Å². The third kappa shape index (κ3) is 2.57. The minimum atomic E-state index is -0.534. The van der Waals surface area contributed by atoms with Gasteiger partial charge in [-0.15, -0.1) is 0 Å². The van der Waals surface area contributed by atoms with Gasteiger partial charge in [0.05, 0.1) is 12.2 Å². The molecule has 0 unspecified atom stereocenters. The minimum absolute atomic E-state index is 0.205. The molecule has 17 heavy (non-hydrogen) atoms. The van der Waals surface area contributed by atoms with Gasteiger partial charge < -0.3 is 20.0 Å². The van der Waals surface area contributed by atoms with Crippen LogP contribution in [-0.4, -0.2) is 15.1 Å². The lowest BCUT2D eigenvalue weighted by Gasteiger charge is -2.03. The van der Waals surface area contributed by atoms with Gasteiger partial charge in [-0.2, -0.15) is 0 Å². The summed E-state index contributed by atoms with van der Waals surface area (Å²) in [6, 6.07) is 4.98. The summed E-state index contributed by atoms with van der Waals surface area (Å²) in [7, 11) is 0. The second kappa shape index (κ2) is 4.60. The number of pyridine rings is 1. The Hall–Kier alpha value is -2.44. The van der Waals surface area contributed by atoms with Crippen molar-refractivity contribution >= 4 is 11.5 Å². The number of rotatable bonds is 4. The lowest BCUT2D eigenvalue weighted by atomic mass is 10.3. The average molecular weight is 234 g/mol. The number of aryl methyl sites for hydroxylation is 1. The Bertz CT molecular complexity index is 538. The number of hydrogen-bond donors (Lipinski definition) is 1. The summed E-state index contributed by atoms with van der Waals surface area (Å²) in [6.45, 7) is 2.13. The van der Waals surface area contributed by atoms with Crippen molar-refractivity contribution in [3.05, 3.63) is 46.0 Å². The van der Waals surface area contributed by atoms with Crippen molar-refractivity contribution in [1.29, 1.82) is 0 Å². The van der Waals surface area contributed by atoms with E-state index >= 15 is 0 Å². The van der Waals surface area contributed by atoms with Gasteiger partial charge in [0.15, 0.2) is 5.76 Å². The third-order valence-electron chi connectivity index (χ3n) is 2.09. The zero-order chi connectivity index (χ0) is 12.3. The first-order valence-corrected chi connectivity index (χ1v) is 4.92. The van der Waals surface area contributed by atoms with E-state index in [1.54, 1.807) is 25.1 Å². The predicted molar refractivity (Wildman–Crippen MR) is 59.5 cm³/mol. The lowest BCUT2D eigenvalue weighted by Crippen LogP contribution is -2.03. The van der Waals surface area contributed by atoms with Crippen LogP contribution in [0.2, 0.25) is 0 Å². The molecule has 2 rings (SSSR count). The van der Waals surface area contributed by atoms with E-state index in [1.165, 1.54) is 6.20 Å². The average Bonchev–Trinajstić information content (AvgIpc) is 2.73. The van der Waals surface area contributed by atoms with Crippen LogP contribution in [0.25, 0.3) is 0 Å². The fourth-order valence-electron chi connectivity index (χ4n) is 1.36. The van der Waals surface area contributed by atoms with E-state index in [2.05, 4.69) is 15.5 Å². The molecule has 1 N–H and O–H groups in total. The normalized spacial score (nSPS) is 10.2. The molecule has 2 aromatic rings. The molecule has 0 atom stereocenters. The smallest absolute Gasteiger partial charge is 0.371 e. The monoisotopic (exact) mass is 234 g/mol. The minimum Gasteiger partial charge on any atom is -0.371 e. The Labute approximate surface area is 96.6 Å². The van der Waals surface area contributed by atoms with Crippen LogP contribution in [0, 0.1) is 17.0 Å². The van der Waals surface area contributed by atoms with Gasteiger partial charge >= 0.3 is 5.82 Å². The molecular formula is C10H10N4O3. The standard InChI is InChI=1S/C10H10N4O3/c1-7-5-8(17-13-7)6-12-9-3-2-4-11-10(9)14(15)16/h2-5,12H,6H2,1H3. The largest absolute Gasteiger partial charge is 0.386 e. The highest BCUT2D eigenvalue weighted by Crippen LogP contribution is 2.20. The van der Waals surface area contributed by atoms with Crippen LogP contribution in [0.3, 0.4) is 0 Å². The Morgan fingerprint density at radius 2 is 2.41 bits per heavy atom. The molecule has 88 valence electrons. The molecule has 7 heteroatoms. The van der Waals surface area contributed by atoms with Crippen LogP contribution >= 0.6 is 0 Å². The van der Waals surface area contributed by atoms with Crippen LogP contribution < -0.4 is 5.32 Å². The van der Waals surface area contributed by atoms with E-state index < -0.39 is 4.92 Å². The molecule has 0 spiro atoms. The fraction of sp³-hybridized carbons (Fsp3) is 0.200. The Balaban J connectivity index is 2.11. The van der Waals surface area contributed by atoms with Crippen LogP contribution in [-0.2, 0) is 6.54 Å². The molecule has 7 nitrogen and oxygen atoms in total. The van der Waals surface area contributed by atoms with Crippen molar-refractivity contribution in [3.63, 3.8) is 0 Å². The highest BCUT2D eigenvalue weighted by Gasteiger charge is 2.13. The maximum Gasteiger partial charge on any atom is 0.386 e. The van der Waals surface area contributed by atoms with E-state index in [-0.39, 0.29) is 5.82 Å². The van der Waals surface area contributed by atoms with Crippen LogP contribution in [0.1, 0.15) is 11.5 Å². The van der Waals surface area contributed by atoms with Gasteiger partial charge in [-0.3, -0.25) is 0 Å². The summed E-state index contributed by atoms with van der Waals surface area (Å²) >= 11 is 0. The van der Waals surface area contributed by atoms with Crippen molar-refractivity contribution < 1.29 is 9.45 Å². The topological polar surface area (TPSA) is 94.1 Å². The predicted octanol–water partition coefficient (Wildman–Crippen LogP) is 1.90. The number of aromatic nitrogens is 2. The zero-order valence-corrected chi connectivity index (χ0v) is 9.08. The summed E-state index contributed by atoms with van der Waals surface area (Å²) in [5.41, 5.74) is 1.12. The molecule has 0 aliphatic rings. The van der Waals surface area contributed by atoms with Gasteiger partial charge in [-0.1, -0.05) is 5.16 Å². The maximum atomic E-state index is 10.7. The number of anilines is 1. The van der Waals surface area contributed by atoms with Crippen molar-refractivity contribution in [2.45, 2.75) is 13.5 Å².